The molecule has 0 radical (unpaired) electrons. The molecule has 1 unspecified atom stereocenters. The van der Waals surface area contributed by atoms with Gasteiger partial charge in [0.15, 0.2) is 0 Å². The number of thiophene rings is 1. The topological polar surface area (TPSA) is 50.9 Å². The average Bonchev–Trinajstić information content (AvgIpc) is 2.80. The van der Waals surface area contributed by atoms with Gasteiger partial charge < -0.3 is 0 Å². The van der Waals surface area contributed by atoms with Crippen molar-refractivity contribution in [2.75, 3.05) is 0 Å². The molecule has 0 saturated carbocycles. The van der Waals surface area contributed by atoms with Crippen molar-refractivity contribution in [1.29, 1.82) is 0 Å². The van der Waals surface area contributed by atoms with Gasteiger partial charge in [0.05, 0.1) is 15.9 Å². The molecule has 0 aliphatic heterocycles. The van der Waals surface area contributed by atoms with Crippen LogP contribution in [0.5, 0.6) is 0 Å². The van der Waals surface area contributed by atoms with E-state index in [1.54, 1.807) is 23.0 Å². The highest BCUT2D eigenvalue weighted by Crippen LogP contribution is 2.32. The van der Waals surface area contributed by atoms with Crippen LogP contribution in [0.3, 0.4) is 0 Å². The molecule has 2 aromatic rings. The highest BCUT2D eigenvalue weighted by atomic mass is 35.5. The molecule has 6 heteroatoms. The van der Waals surface area contributed by atoms with Gasteiger partial charge in [0.2, 0.25) is 0 Å². The van der Waals surface area contributed by atoms with E-state index in [0.717, 1.165) is 14.8 Å². The monoisotopic (exact) mass is 245 g/mol. The van der Waals surface area contributed by atoms with E-state index in [9.17, 15) is 0 Å². The number of halogens is 1. The van der Waals surface area contributed by atoms with Crippen molar-refractivity contribution in [3.8, 4) is 0 Å². The molecular formula is C8H8ClN3S2. The van der Waals surface area contributed by atoms with E-state index in [-0.39, 0.29) is 6.04 Å². The predicted molar refractivity (Wildman–Crippen MR) is 60.6 cm³/mol. The van der Waals surface area contributed by atoms with Crippen molar-refractivity contribution in [2.45, 2.75) is 6.04 Å². The van der Waals surface area contributed by atoms with Crippen LogP contribution in [-0.4, -0.2) is 4.98 Å². The van der Waals surface area contributed by atoms with Gasteiger partial charge in [0.1, 0.15) is 0 Å². The summed E-state index contributed by atoms with van der Waals surface area (Å²) in [5.41, 5.74) is 5.52. The minimum Gasteiger partial charge on any atom is -0.271 e. The molecule has 0 aromatic carbocycles. The lowest BCUT2D eigenvalue weighted by Gasteiger charge is -2.12. The molecule has 74 valence electrons. The summed E-state index contributed by atoms with van der Waals surface area (Å²) in [6.45, 7) is 0. The number of hydrazine groups is 1. The summed E-state index contributed by atoms with van der Waals surface area (Å²) in [4.78, 5) is 5.08. The molecule has 0 bridgehead atoms. The van der Waals surface area contributed by atoms with Gasteiger partial charge in [-0.25, -0.2) is 5.43 Å². The normalized spacial score (nSPS) is 13.0. The molecule has 0 fully saturated rings. The maximum absolute atomic E-state index is 6.04. The van der Waals surface area contributed by atoms with Crippen LogP contribution in [0.2, 0.25) is 4.34 Å². The van der Waals surface area contributed by atoms with Crippen LogP contribution < -0.4 is 11.3 Å². The number of rotatable bonds is 3. The Bertz CT molecular complexity index is 398. The third kappa shape index (κ3) is 1.82. The first kappa shape index (κ1) is 10.1. The molecule has 0 saturated heterocycles. The van der Waals surface area contributed by atoms with Gasteiger partial charge in [-0.05, 0) is 11.4 Å². The van der Waals surface area contributed by atoms with Crippen LogP contribution >= 0.6 is 34.3 Å². The molecule has 2 aromatic heterocycles. The van der Waals surface area contributed by atoms with Crippen molar-refractivity contribution in [3.63, 3.8) is 0 Å². The average molecular weight is 246 g/mol. The number of nitrogens with two attached hydrogens (primary N) is 1. The minimum absolute atomic E-state index is 0.0544. The van der Waals surface area contributed by atoms with Crippen LogP contribution in [0.1, 0.15) is 16.5 Å². The number of hydrogen-bond donors (Lipinski definition) is 2. The summed E-state index contributed by atoms with van der Waals surface area (Å²) in [6, 6.07) is 1.92. The van der Waals surface area contributed by atoms with Crippen LogP contribution in [0.25, 0.3) is 0 Å². The summed E-state index contributed by atoms with van der Waals surface area (Å²) < 4.78 is 0.765. The fraction of sp³-hybridized carbons (Fsp3) is 0.125. The maximum Gasteiger partial charge on any atom is 0.0980 e. The van der Waals surface area contributed by atoms with Gasteiger partial charge in [-0.2, -0.15) is 0 Å². The second-order valence-electron chi connectivity index (χ2n) is 2.65. The third-order valence-electron chi connectivity index (χ3n) is 1.86. The number of hydrogen-bond acceptors (Lipinski definition) is 5. The first-order chi connectivity index (χ1) is 6.83. The lowest BCUT2D eigenvalue weighted by atomic mass is 10.1. The molecule has 0 spiro atoms. The van der Waals surface area contributed by atoms with Crippen molar-refractivity contribution in [1.82, 2.24) is 10.4 Å². The van der Waals surface area contributed by atoms with E-state index in [4.69, 9.17) is 17.4 Å². The van der Waals surface area contributed by atoms with Crippen molar-refractivity contribution < 1.29 is 0 Å². The first-order valence-corrected chi connectivity index (χ1v) is 6.04. The summed E-state index contributed by atoms with van der Waals surface area (Å²) in [5.74, 6) is 5.50. The number of nitrogens with one attached hydrogen (secondary N) is 1. The van der Waals surface area contributed by atoms with E-state index >= 15 is 0 Å². The number of nitrogens with zero attached hydrogens (tertiary/aromatic N) is 1. The van der Waals surface area contributed by atoms with Gasteiger partial charge in [-0.3, -0.25) is 10.8 Å². The van der Waals surface area contributed by atoms with E-state index < -0.39 is 0 Å². The fourth-order valence-corrected chi connectivity index (χ4v) is 2.88. The van der Waals surface area contributed by atoms with Gasteiger partial charge in [0.25, 0.3) is 0 Å². The zero-order chi connectivity index (χ0) is 9.97. The molecule has 2 heterocycles. The molecule has 2 rings (SSSR count). The minimum atomic E-state index is -0.0544. The van der Waals surface area contributed by atoms with E-state index in [1.807, 2.05) is 11.4 Å². The van der Waals surface area contributed by atoms with Crippen LogP contribution in [0.4, 0.5) is 0 Å². The van der Waals surface area contributed by atoms with E-state index in [1.165, 1.54) is 11.3 Å². The zero-order valence-electron chi connectivity index (χ0n) is 7.11. The zero-order valence-corrected chi connectivity index (χ0v) is 9.49. The molecule has 14 heavy (non-hydrogen) atoms. The second kappa shape index (κ2) is 4.37. The molecule has 1 atom stereocenters. The molecule has 3 N–H and O–H groups in total. The fourth-order valence-electron chi connectivity index (χ4n) is 1.20. The summed E-state index contributed by atoms with van der Waals surface area (Å²) in [7, 11) is 0. The smallest absolute Gasteiger partial charge is 0.0980 e. The standard InChI is InChI=1S/C8H8ClN3S2/c9-8-5(1-2-13-8)7(12-10)6-3-11-4-14-6/h1-4,7,12H,10H2. The Morgan fingerprint density at radius 3 is 2.86 bits per heavy atom. The highest BCUT2D eigenvalue weighted by molar-refractivity contribution is 7.14. The van der Waals surface area contributed by atoms with Crippen molar-refractivity contribution in [3.05, 3.63) is 37.9 Å². The van der Waals surface area contributed by atoms with Gasteiger partial charge in [-0.15, -0.1) is 22.7 Å². The maximum atomic E-state index is 6.04. The Morgan fingerprint density at radius 1 is 1.50 bits per heavy atom. The molecular weight excluding hydrogens is 238 g/mol. The molecule has 0 amide bonds. The second-order valence-corrected chi connectivity index (χ2v) is 5.09. The molecule has 0 aliphatic rings. The Labute approximate surface area is 94.5 Å². The first-order valence-electron chi connectivity index (χ1n) is 3.90. The Hall–Kier alpha value is -0.460. The van der Waals surface area contributed by atoms with E-state index in [2.05, 4.69) is 10.4 Å². The van der Waals surface area contributed by atoms with Crippen LogP contribution in [0.15, 0.2) is 23.2 Å². The largest absolute Gasteiger partial charge is 0.271 e. The lowest BCUT2D eigenvalue weighted by molar-refractivity contribution is 0.647. The predicted octanol–water partition coefficient (Wildman–Crippen LogP) is 2.41. The number of aromatic nitrogens is 1. The lowest BCUT2D eigenvalue weighted by Crippen LogP contribution is -2.28. The van der Waals surface area contributed by atoms with Crippen LogP contribution in [0, 0.1) is 0 Å². The Kier molecular flexibility index (Phi) is 3.15. The van der Waals surface area contributed by atoms with E-state index in [0.29, 0.717) is 0 Å². The summed E-state index contributed by atoms with van der Waals surface area (Å²) in [5, 5.41) is 1.95. The van der Waals surface area contributed by atoms with Crippen molar-refractivity contribution in [2.24, 2.45) is 5.84 Å². The highest BCUT2D eigenvalue weighted by Gasteiger charge is 2.17. The third-order valence-corrected chi connectivity index (χ3v) is 3.90. The summed E-state index contributed by atoms with van der Waals surface area (Å²) >= 11 is 9.09. The van der Waals surface area contributed by atoms with Crippen molar-refractivity contribution >= 4 is 34.3 Å². The summed E-state index contributed by atoms with van der Waals surface area (Å²) in [6.07, 6.45) is 1.79. The van der Waals surface area contributed by atoms with Gasteiger partial charge in [-0.1, -0.05) is 11.6 Å². The number of thiazole rings is 1. The van der Waals surface area contributed by atoms with Gasteiger partial charge >= 0.3 is 0 Å². The Balaban J connectivity index is 2.36. The Morgan fingerprint density at radius 2 is 2.36 bits per heavy atom. The van der Waals surface area contributed by atoms with Crippen LogP contribution in [-0.2, 0) is 0 Å². The van der Waals surface area contributed by atoms with Gasteiger partial charge in [0, 0.05) is 16.6 Å². The molecule has 0 aliphatic carbocycles. The quantitative estimate of drug-likeness (QED) is 0.645. The molecule has 3 nitrogen and oxygen atoms in total. The SMILES string of the molecule is NNC(c1cncs1)c1ccsc1Cl.